The normalized spacial score (nSPS) is 26.3. The van der Waals surface area contributed by atoms with E-state index in [4.69, 9.17) is 23.7 Å². The van der Waals surface area contributed by atoms with Gasteiger partial charge in [-0.25, -0.2) is 4.79 Å². The van der Waals surface area contributed by atoms with Crippen LogP contribution in [-0.4, -0.2) is 71.0 Å². The molecule has 0 radical (unpaired) electrons. The number of hydrogen-bond acceptors (Lipinski definition) is 9. The second-order valence-electron chi connectivity index (χ2n) is 8.92. The van der Waals surface area contributed by atoms with Crippen LogP contribution in [0.15, 0.2) is 36.5 Å². The molecule has 3 aliphatic heterocycles. The third-order valence-electron chi connectivity index (χ3n) is 6.84. The number of methoxy groups -OCH3 is 1. The second-order valence-corrected chi connectivity index (χ2v) is 8.92. The van der Waals surface area contributed by atoms with E-state index in [0.29, 0.717) is 23.4 Å². The molecule has 4 N–H and O–H groups in total. The Morgan fingerprint density at radius 3 is 2.58 bits per heavy atom. The number of carboxylic acid groups (broad SMARTS) is 1. The van der Waals surface area contributed by atoms with Crippen LogP contribution in [0.1, 0.15) is 5.56 Å². The van der Waals surface area contributed by atoms with Crippen LogP contribution in [0.25, 0.3) is 22.0 Å². The molecular weight excluding hydrogens is 474 g/mol. The summed E-state index contributed by atoms with van der Waals surface area (Å²) in [5.74, 6) is 0.472. The van der Waals surface area contributed by atoms with Gasteiger partial charge >= 0.3 is 5.97 Å². The summed E-state index contributed by atoms with van der Waals surface area (Å²) in [7, 11) is 1.45. The number of pyridine rings is 1. The molecule has 188 valence electrons. The van der Waals surface area contributed by atoms with Crippen molar-refractivity contribution in [1.82, 2.24) is 0 Å². The molecule has 0 aliphatic carbocycles. The van der Waals surface area contributed by atoms with Crippen molar-refractivity contribution in [3.8, 4) is 34.3 Å². The summed E-state index contributed by atoms with van der Waals surface area (Å²) in [5, 5.41) is 41.4. The van der Waals surface area contributed by atoms with Crippen molar-refractivity contribution in [3.05, 3.63) is 42.1 Å². The van der Waals surface area contributed by atoms with Crippen LogP contribution in [0.4, 0.5) is 0 Å². The molecule has 11 heteroatoms. The molecule has 36 heavy (non-hydrogen) atoms. The Hall–Kier alpha value is -3.64. The third kappa shape index (κ3) is 3.51. The lowest BCUT2D eigenvalue weighted by atomic mass is 9.95. The van der Waals surface area contributed by atoms with Crippen molar-refractivity contribution in [3.63, 3.8) is 0 Å². The number of benzene rings is 2. The number of aliphatic hydroxyl groups is 3. The van der Waals surface area contributed by atoms with Crippen molar-refractivity contribution in [2.45, 2.75) is 43.7 Å². The molecule has 3 aliphatic rings. The largest absolute Gasteiger partial charge is 0.493 e. The van der Waals surface area contributed by atoms with Gasteiger partial charge in [0.15, 0.2) is 41.8 Å². The van der Waals surface area contributed by atoms with Gasteiger partial charge in [0.05, 0.1) is 18.1 Å². The zero-order valence-electron chi connectivity index (χ0n) is 19.2. The number of carbonyl (C=O) groups is 1. The predicted octanol–water partition coefficient (Wildman–Crippen LogP) is 0.359. The molecule has 1 saturated heterocycles. The third-order valence-corrected chi connectivity index (χ3v) is 6.84. The summed E-state index contributed by atoms with van der Waals surface area (Å²) < 4.78 is 29.9. The second kappa shape index (κ2) is 8.49. The number of aryl methyl sites for hydroxylation is 2. The zero-order valence-corrected chi connectivity index (χ0v) is 19.2. The summed E-state index contributed by atoms with van der Waals surface area (Å²) >= 11 is 0. The Labute approximate surface area is 204 Å². The molecule has 1 fully saturated rings. The number of ether oxygens (including phenoxy) is 5. The van der Waals surface area contributed by atoms with Crippen molar-refractivity contribution in [2.24, 2.45) is 0 Å². The molecule has 4 heterocycles. The molecule has 6 rings (SSSR count). The summed E-state index contributed by atoms with van der Waals surface area (Å²) in [4.78, 5) is 11.5. The smallest absolute Gasteiger partial charge is 0.335 e. The fourth-order valence-corrected chi connectivity index (χ4v) is 4.94. The van der Waals surface area contributed by atoms with E-state index in [2.05, 4.69) is 4.57 Å². The fraction of sp³-hybridized carbons (Fsp3) is 0.360. The first kappa shape index (κ1) is 22.8. The van der Waals surface area contributed by atoms with E-state index < -0.39 is 36.7 Å². The fourth-order valence-electron chi connectivity index (χ4n) is 4.94. The van der Waals surface area contributed by atoms with Crippen LogP contribution in [0, 0.1) is 0 Å². The molecule has 11 nitrogen and oxygen atoms in total. The number of aromatic nitrogens is 1. The van der Waals surface area contributed by atoms with Crippen LogP contribution >= 0.6 is 0 Å². The lowest BCUT2D eigenvalue weighted by Gasteiger charge is -2.38. The molecule has 0 bridgehead atoms. The number of hydrogen-bond donors (Lipinski definition) is 4. The van der Waals surface area contributed by atoms with Crippen LogP contribution in [0.5, 0.6) is 23.0 Å². The molecule has 1 unspecified atom stereocenters. The Balaban J connectivity index is 1.43. The van der Waals surface area contributed by atoms with Gasteiger partial charge in [0.25, 0.3) is 0 Å². The van der Waals surface area contributed by atoms with E-state index in [1.807, 2.05) is 30.5 Å². The lowest BCUT2D eigenvalue weighted by molar-refractivity contribution is -0.686. The highest BCUT2D eigenvalue weighted by molar-refractivity contribution is 5.91. The van der Waals surface area contributed by atoms with E-state index in [9.17, 15) is 25.2 Å². The van der Waals surface area contributed by atoms with Gasteiger partial charge < -0.3 is 44.1 Å². The highest BCUT2D eigenvalue weighted by atomic mass is 16.7. The maximum atomic E-state index is 11.5. The molecule has 3 aromatic rings. The molecule has 0 amide bonds. The number of fused-ring (bicyclic) bond motifs is 5. The maximum Gasteiger partial charge on any atom is 0.335 e. The monoisotopic (exact) mass is 498 g/mol. The number of aliphatic hydroxyl groups excluding tert-OH is 3. The predicted molar refractivity (Wildman–Crippen MR) is 121 cm³/mol. The van der Waals surface area contributed by atoms with Gasteiger partial charge in [-0.3, -0.25) is 0 Å². The molecule has 5 atom stereocenters. The van der Waals surface area contributed by atoms with E-state index in [1.165, 1.54) is 7.11 Å². The lowest BCUT2D eigenvalue weighted by Crippen LogP contribution is -2.61. The molecule has 1 aromatic heterocycles. The number of carboxylic acids is 1. The first-order chi connectivity index (χ1) is 17.4. The molecular formula is C25H24NO10+. The Morgan fingerprint density at radius 2 is 1.83 bits per heavy atom. The van der Waals surface area contributed by atoms with Crippen molar-refractivity contribution >= 4 is 16.7 Å². The van der Waals surface area contributed by atoms with Gasteiger partial charge in [0.1, 0.15) is 18.3 Å². The topological polar surface area (TPSA) is 148 Å². The average molecular weight is 498 g/mol. The van der Waals surface area contributed by atoms with Crippen molar-refractivity contribution in [1.29, 1.82) is 0 Å². The first-order valence-electron chi connectivity index (χ1n) is 11.4. The van der Waals surface area contributed by atoms with Gasteiger partial charge in [-0.2, -0.15) is 4.57 Å². The highest BCUT2D eigenvalue weighted by Gasteiger charge is 2.48. The highest BCUT2D eigenvalue weighted by Crippen LogP contribution is 2.42. The van der Waals surface area contributed by atoms with E-state index in [-0.39, 0.29) is 12.5 Å². The van der Waals surface area contributed by atoms with E-state index in [1.54, 1.807) is 6.07 Å². The van der Waals surface area contributed by atoms with Crippen molar-refractivity contribution < 1.29 is 53.5 Å². The summed E-state index contributed by atoms with van der Waals surface area (Å²) in [6.45, 7) is 0.878. The first-order valence-corrected chi connectivity index (χ1v) is 11.4. The van der Waals surface area contributed by atoms with Crippen molar-refractivity contribution in [2.75, 3.05) is 13.9 Å². The summed E-state index contributed by atoms with van der Waals surface area (Å²) in [5.41, 5.74) is 3.14. The van der Waals surface area contributed by atoms with Crippen LogP contribution in [0.3, 0.4) is 0 Å². The number of aliphatic carboxylic acids is 1. The molecule has 0 saturated carbocycles. The van der Waals surface area contributed by atoms with Crippen LogP contribution in [-0.2, 0) is 22.5 Å². The van der Waals surface area contributed by atoms with Gasteiger partial charge in [-0.05, 0) is 35.2 Å². The maximum absolute atomic E-state index is 11.5. The average Bonchev–Trinajstić information content (AvgIpc) is 3.34. The van der Waals surface area contributed by atoms with E-state index in [0.717, 1.165) is 34.4 Å². The Bertz CT molecular complexity index is 1370. The van der Waals surface area contributed by atoms with Gasteiger partial charge in [-0.1, -0.05) is 0 Å². The number of nitrogens with zero attached hydrogens (tertiary/aromatic N) is 1. The zero-order chi connectivity index (χ0) is 25.1. The summed E-state index contributed by atoms with van der Waals surface area (Å²) in [6.07, 6.45) is -5.97. The minimum absolute atomic E-state index is 0.194. The van der Waals surface area contributed by atoms with Crippen LogP contribution in [0.2, 0.25) is 0 Å². The number of rotatable bonds is 4. The standard InChI is InChI=1S/C25H23NO10/c1-32-16-3-2-11-6-15-13-8-18-17(33-10-34-18)7-12(13)4-5-26(15)9-14(11)22(16)35-25-21(29)19(27)20(28)23(36-25)24(30)31/h2-3,6-9,19-21,23,25,27-29H,4-5,10H2,1H3/p+1/t19-,20-,21+,23-,25?/m0/s1. The SMILES string of the molecule is COc1ccc2cc3[n+](cc2c1OC1O[C@H](C(=O)O)[C@@H](O)[C@H](O)[C@H]1O)CCc1cc2c(cc1-3)OCO2. The minimum atomic E-state index is -1.81. The van der Waals surface area contributed by atoms with Gasteiger partial charge in [0.2, 0.25) is 18.8 Å². The van der Waals surface area contributed by atoms with E-state index >= 15 is 0 Å². The van der Waals surface area contributed by atoms with Crippen LogP contribution < -0.4 is 23.5 Å². The minimum Gasteiger partial charge on any atom is -0.493 e. The quantitative estimate of drug-likeness (QED) is 0.372. The Kier molecular flexibility index (Phi) is 5.38. The molecule has 2 aromatic carbocycles. The van der Waals surface area contributed by atoms with Gasteiger partial charge in [-0.15, -0.1) is 0 Å². The van der Waals surface area contributed by atoms with Gasteiger partial charge in [0, 0.05) is 12.5 Å². The molecule has 0 spiro atoms. The summed E-state index contributed by atoms with van der Waals surface area (Å²) in [6, 6.07) is 9.53. The Morgan fingerprint density at radius 1 is 1.06 bits per heavy atom.